The highest BCUT2D eigenvalue weighted by Crippen LogP contribution is 2.27. The maximum Gasteiger partial charge on any atom is 0.254 e. The summed E-state index contributed by atoms with van der Waals surface area (Å²) in [6.07, 6.45) is 3.36. The Kier molecular flexibility index (Phi) is 4.33. The van der Waals surface area contributed by atoms with E-state index in [1.54, 1.807) is 12.1 Å². The number of carbonyl (C=O) groups excluding carboxylic acids is 1. The molecule has 18 heavy (non-hydrogen) atoms. The minimum atomic E-state index is 0.0814. The summed E-state index contributed by atoms with van der Waals surface area (Å²) in [4.78, 5) is 14.6. The van der Waals surface area contributed by atoms with Gasteiger partial charge in [0, 0.05) is 27.1 Å². The SMILES string of the molecule is C[C@@H]1CCC[C@H](C)N1C(=O)c1cc(Cl)cc(Br)c1. The van der Waals surface area contributed by atoms with Crippen molar-refractivity contribution in [1.82, 2.24) is 4.90 Å². The van der Waals surface area contributed by atoms with Gasteiger partial charge in [0.2, 0.25) is 0 Å². The van der Waals surface area contributed by atoms with Crippen LogP contribution in [0.4, 0.5) is 0 Å². The summed E-state index contributed by atoms with van der Waals surface area (Å²) in [7, 11) is 0. The van der Waals surface area contributed by atoms with E-state index in [0.717, 1.165) is 17.3 Å². The van der Waals surface area contributed by atoms with E-state index >= 15 is 0 Å². The molecule has 1 amide bonds. The normalized spacial score (nSPS) is 24.1. The van der Waals surface area contributed by atoms with Crippen molar-refractivity contribution in [1.29, 1.82) is 0 Å². The van der Waals surface area contributed by atoms with Crippen molar-refractivity contribution in [3.8, 4) is 0 Å². The first-order valence-corrected chi connectivity index (χ1v) is 7.45. The molecule has 0 bridgehead atoms. The maximum atomic E-state index is 12.6. The number of piperidine rings is 1. The lowest BCUT2D eigenvalue weighted by molar-refractivity contribution is 0.0510. The fraction of sp³-hybridized carbons (Fsp3) is 0.500. The zero-order valence-electron chi connectivity index (χ0n) is 10.6. The van der Waals surface area contributed by atoms with Crippen LogP contribution in [0.15, 0.2) is 22.7 Å². The van der Waals surface area contributed by atoms with Crippen molar-refractivity contribution in [3.05, 3.63) is 33.3 Å². The molecule has 98 valence electrons. The van der Waals surface area contributed by atoms with Gasteiger partial charge in [-0.2, -0.15) is 0 Å². The molecule has 0 aromatic heterocycles. The Morgan fingerprint density at radius 2 is 1.89 bits per heavy atom. The molecular weight excluding hydrogens is 314 g/mol. The summed E-state index contributed by atoms with van der Waals surface area (Å²) >= 11 is 9.39. The van der Waals surface area contributed by atoms with Gasteiger partial charge in [-0.05, 0) is 51.3 Å². The van der Waals surface area contributed by atoms with Gasteiger partial charge in [-0.1, -0.05) is 27.5 Å². The molecule has 1 aromatic carbocycles. The molecular formula is C14H17BrClNO. The van der Waals surface area contributed by atoms with Crippen LogP contribution in [-0.4, -0.2) is 22.9 Å². The van der Waals surface area contributed by atoms with E-state index in [1.165, 1.54) is 6.42 Å². The quantitative estimate of drug-likeness (QED) is 0.742. The Bertz CT molecular complexity index is 433. The first kappa shape index (κ1) is 13.9. The van der Waals surface area contributed by atoms with E-state index in [1.807, 2.05) is 11.0 Å². The van der Waals surface area contributed by atoms with Gasteiger partial charge in [-0.15, -0.1) is 0 Å². The molecule has 1 aliphatic heterocycles. The van der Waals surface area contributed by atoms with E-state index < -0.39 is 0 Å². The van der Waals surface area contributed by atoms with E-state index in [4.69, 9.17) is 11.6 Å². The Balaban J connectivity index is 2.29. The second-order valence-electron chi connectivity index (χ2n) is 5.00. The lowest BCUT2D eigenvalue weighted by Gasteiger charge is -2.39. The van der Waals surface area contributed by atoms with Gasteiger partial charge >= 0.3 is 0 Å². The molecule has 1 heterocycles. The zero-order chi connectivity index (χ0) is 13.3. The van der Waals surface area contributed by atoms with Crippen LogP contribution in [0.2, 0.25) is 5.02 Å². The Hall–Kier alpha value is -0.540. The highest BCUT2D eigenvalue weighted by atomic mass is 79.9. The maximum absolute atomic E-state index is 12.6. The van der Waals surface area contributed by atoms with Gasteiger partial charge in [-0.3, -0.25) is 4.79 Å². The molecule has 2 rings (SSSR count). The minimum Gasteiger partial charge on any atom is -0.333 e. The molecule has 0 saturated carbocycles. The predicted molar refractivity (Wildman–Crippen MR) is 78.1 cm³/mol. The van der Waals surface area contributed by atoms with Crippen LogP contribution in [0.5, 0.6) is 0 Å². The topological polar surface area (TPSA) is 20.3 Å². The number of rotatable bonds is 1. The van der Waals surface area contributed by atoms with Crippen LogP contribution >= 0.6 is 27.5 Å². The van der Waals surface area contributed by atoms with Crippen molar-refractivity contribution in [2.24, 2.45) is 0 Å². The second kappa shape index (κ2) is 5.62. The van der Waals surface area contributed by atoms with Crippen molar-refractivity contribution in [2.45, 2.75) is 45.2 Å². The highest BCUT2D eigenvalue weighted by molar-refractivity contribution is 9.10. The van der Waals surface area contributed by atoms with E-state index in [0.29, 0.717) is 22.7 Å². The number of hydrogen-bond donors (Lipinski definition) is 0. The summed E-state index contributed by atoms with van der Waals surface area (Å²) in [5, 5.41) is 0.588. The number of carbonyl (C=O) groups is 1. The predicted octanol–water partition coefficient (Wildman–Crippen LogP) is 4.51. The molecule has 0 spiro atoms. The van der Waals surface area contributed by atoms with Crippen molar-refractivity contribution >= 4 is 33.4 Å². The van der Waals surface area contributed by atoms with Gasteiger partial charge in [0.25, 0.3) is 5.91 Å². The number of likely N-dealkylation sites (tertiary alicyclic amines) is 1. The lowest BCUT2D eigenvalue weighted by atomic mass is 9.96. The van der Waals surface area contributed by atoms with E-state index in [9.17, 15) is 4.79 Å². The van der Waals surface area contributed by atoms with Gasteiger partial charge in [0.1, 0.15) is 0 Å². The van der Waals surface area contributed by atoms with Crippen LogP contribution in [0.1, 0.15) is 43.5 Å². The summed E-state index contributed by atoms with van der Waals surface area (Å²) < 4.78 is 0.843. The lowest BCUT2D eigenvalue weighted by Crippen LogP contribution is -2.47. The third-order valence-corrected chi connectivity index (χ3v) is 4.21. The Morgan fingerprint density at radius 3 is 2.44 bits per heavy atom. The van der Waals surface area contributed by atoms with Gasteiger partial charge in [0.05, 0.1) is 0 Å². The monoisotopic (exact) mass is 329 g/mol. The first-order chi connectivity index (χ1) is 8.49. The molecule has 1 fully saturated rings. The fourth-order valence-corrected chi connectivity index (χ4v) is 3.51. The third kappa shape index (κ3) is 2.89. The van der Waals surface area contributed by atoms with Crippen LogP contribution in [-0.2, 0) is 0 Å². The van der Waals surface area contributed by atoms with Crippen LogP contribution < -0.4 is 0 Å². The summed E-state index contributed by atoms with van der Waals surface area (Å²) in [5.41, 5.74) is 0.662. The van der Waals surface area contributed by atoms with E-state index in [-0.39, 0.29) is 5.91 Å². The van der Waals surface area contributed by atoms with Gasteiger partial charge < -0.3 is 4.90 Å². The molecule has 2 atom stereocenters. The number of nitrogens with zero attached hydrogens (tertiary/aromatic N) is 1. The molecule has 1 aromatic rings. The number of benzene rings is 1. The van der Waals surface area contributed by atoms with Crippen molar-refractivity contribution in [2.75, 3.05) is 0 Å². The van der Waals surface area contributed by atoms with Crippen LogP contribution in [0, 0.1) is 0 Å². The summed E-state index contributed by atoms with van der Waals surface area (Å²) in [6.45, 7) is 4.24. The standard InChI is InChI=1S/C14H17BrClNO/c1-9-4-3-5-10(2)17(9)14(18)11-6-12(15)8-13(16)7-11/h6-10H,3-5H2,1-2H3/t9-,10+. The molecule has 0 aliphatic carbocycles. The summed E-state index contributed by atoms with van der Waals surface area (Å²) in [5.74, 6) is 0.0814. The molecule has 0 radical (unpaired) electrons. The molecule has 1 saturated heterocycles. The Morgan fingerprint density at radius 1 is 1.28 bits per heavy atom. The first-order valence-electron chi connectivity index (χ1n) is 6.28. The van der Waals surface area contributed by atoms with Gasteiger partial charge in [0.15, 0.2) is 0 Å². The van der Waals surface area contributed by atoms with Gasteiger partial charge in [-0.25, -0.2) is 0 Å². The third-order valence-electron chi connectivity index (χ3n) is 3.54. The fourth-order valence-electron chi connectivity index (χ4n) is 2.65. The molecule has 1 aliphatic rings. The second-order valence-corrected chi connectivity index (χ2v) is 6.35. The number of halogens is 2. The number of amides is 1. The van der Waals surface area contributed by atoms with Crippen molar-refractivity contribution in [3.63, 3.8) is 0 Å². The highest BCUT2D eigenvalue weighted by Gasteiger charge is 2.29. The smallest absolute Gasteiger partial charge is 0.254 e. The summed E-state index contributed by atoms with van der Waals surface area (Å²) in [6, 6.07) is 5.98. The van der Waals surface area contributed by atoms with Crippen molar-refractivity contribution < 1.29 is 4.79 Å². The Labute approximate surface area is 121 Å². The average molecular weight is 331 g/mol. The van der Waals surface area contributed by atoms with Crippen LogP contribution in [0.3, 0.4) is 0 Å². The zero-order valence-corrected chi connectivity index (χ0v) is 13.0. The van der Waals surface area contributed by atoms with Crippen LogP contribution in [0.25, 0.3) is 0 Å². The molecule has 4 heteroatoms. The minimum absolute atomic E-state index is 0.0814. The number of hydrogen-bond acceptors (Lipinski definition) is 1. The molecule has 0 N–H and O–H groups in total. The molecule has 2 nitrogen and oxygen atoms in total. The largest absolute Gasteiger partial charge is 0.333 e. The molecule has 0 unspecified atom stereocenters. The average Bonchev–Trinajstić information content (AvgIpc) is 2.27. The van der Waals surface area contributed by atoms with E-state index in [2.05, 4.69) is 29.8 Å².